The minimum Gasteiger partial charge on any atom is -0.492 e. The van der Waals surface area contributed by atoms with Crippen LogP contribution in [0, 0.1) is 0 Å². The highest BCUT2D eigenvalue weighted by molar-refractivity contribution is 5.34. The number of aryl methyl sites for hydroxylation is 1. The monoisotopic (exact) mass is 285 g/mol. The molecule has 0 aliphatic heterocycles. The second-order valence-corrected chi connectivity index (χ2v) is 5.14. The predicted molar refractivity (Wildman–Crippen MR) is 85.4 cm³/mol. The van der Waals surface area contributed by atoms with Gasteiger partial charge in [0.25, 0.3) is 0 Å². The summed E-state index contributed by atoms with van der Waals surface area (Å²) in [6.45, 7) is 6.12. The summed E-state index contributed by atoms with van der Waals surface area (Å²) in [4.78, 5) is 6.54. The molecular formula is C17H23N3O. The summed E-state index contributed by atoms with van der Waals surface area (Å²) in [5, 5.41) is 0. The van der Waals surface area contributed by atoms with E-state index in [4.69, 9.17) is 4.74 Å². The van der Waals surface area contributed by atoms with Gasteiger partial charge in [0.2, 0.25) is 0 Å². The first kappa shape index (κ1) is 15.3. The summed E-state index contributed by atoms with van der Waals surface area (Å²) in [5.41, 5.74) is 1.18. The van der Waals surface area contributed by atoms with Gasteiger partial charge in [0.1, 0.15) is 18.2 Å². The SMILES string of the molecule is C=CCc1ccccc1OCCN(C)Cc1nccn1C. The van der Waals surface area contributed by atoms with Gasteiger partial charge in [0, 0.05) is 26.0 Å². The molecule has 0 radical (unpaired) electrons. The second-order valence-electron chi connectivity index (χ2n) is 5.14. The highest BCUT2D eigenvalue weighted by Crippen LogP contribution is 2.18. The van der Waals surface area contributed by atoms with Gasteiger partial charge in [-0.3, -0.25) is 4.90 Å². The average molecular weight is 285 g/mol. The summed E-state index contributed by atoms with van der Waals surface area (Å²) < 4.78 is 7.93. The molecule has 0 fully saturated rings. The van der Waals surface area contributed by atoms with E-state index in [2.05, 4.69) is 29.6 Å². The maximum Gasteiger partial charge on any atom is 0.122 e. The molecule has 0 spiro atoms. The Hall–Kier alpha value is -2.07. The molecule has 1 aromatic carbocycles. The molecule has 0 N–H and O–H groups in total. The highest BCUT2D eigenvalue weighted by Gasteiger charge is 2.06. The molecule has 1 heterocycles. The maximum absolute atomic E-state index is 5.89. The van der Waals surface area contributed by atoms with Crippen LogP contribution in [0.3, 0.4) is 0 Å². The molecule has 0 amide bonds. The van der Waals surface area contributed by atoms with Gasteiger partial charge in [0.15, 0.2) is 0 Å². The van der Waals surface area contributed by atoms with Crippen molar-refractivity contribution in [1.82, 2.24) is 14.5 Å². The van der Waals surface area contributed by atoms with Crippen LogP contribution in [0.5, 0.6) is 5.75 Å². The fraction of sp³-hybridized carbons (Fsp3) is 0.353. The van der Waals surface area contributed by atoms with Crippen LogP contribution in [-0.4, -0.2) is 34.7 Å². The zero-order valence-corrected chi connectivity index (χ0v) is 12.8. The van der Waals surface area contributed by atoms with E-state index >= 15 is 0 Å². The van der Waals surface area contributed by atoms with E-state index in [1.165, 1.54) is 5.56 Å². The molecular weight excluding hydrogens is 262 g/mol. The largest absolute Gasteiger partial charge is 0.492 e. The van der Waals surface area contributed by atoms with Crippen LogP contribution in [-0.2, 0) is 20.0 Å². The Morgan fingerprint density at radius 2 is 2.19 bits per heavy atom. The number of allylic oxidation sites excluding steroid dienone is 1. The molecule has 4 nitrogen and oxygen atoms in total. The zero-order valence-electron chi connectivity index (χ0n) is 12.8. The number of likely N-dealkylation sites (N-methyl/N-ethyl adjacent to an activating group) is 1. The Balaban J connectivity index is 1.81. The van der Waals surface area contributed by atoms with E-state index in [1.807, 2.05) is 48.3 Å². The predicted octanol–water partition coefficient (Wildman–Crippen LogP) is 2.66. The van der Waals surface area contributed by atoms with E-state index in [0.29, 0.717) is 6.61 Å². The normalized spacial score (nSPS) is 10.8. The zero-order chi connectivity index (χ0) is 15.1. The van der Waals surface area contributed by atoms with Crippen LogP contribution in [0.25, 0.3) is 0 Å². The van der Waals surface area contributed by atoms with Crippen LogP contribution in [0.4, 0.5) is 0 Å². The third-order valence-corrected chi connectivity index (χ3v) is 3.40. The summed E-state index contributed by atoms with van der Waals surface area (Å²) in [5.74, 6) is 2.01. The van der Waals surface area contributed by atoms with Crippen LogP contribution in [0.1, 0.15) is 11.4 Å². The van der Waals surface area contributed by atoms with Crippen LogP contribution in [0.15, 0.2) is 49.3 Å². The number of ether oxygens (including phenoxy) is 1. The summed E-state index contributed by atoms with van der Waals surface area (Å²) in [7, 11) is 4.09. The fourth-order valence-corrected chi connectivity index (χ4v) is 2.15. The van der Waals surface area contributed by atoms with Crippen molar-refractivity contribution < 1.29 is 4.74 Å². The Morgan fingerprint density at radius 3 is 2.90 bits per heavy atom. The summed E-state index contributed by atoms with van der Waals surface area (Å²) >= 11 is 0. The van der Waals surface area contributed by atoms with Crippen molar-refractivity contribution in [2.75, 3.05) is 20.2 Å². The molecule has 0 atom stereocenters. The van der Waals surface area contributed by atoms with Crippen LogP contribution in [0.2, 0.25) is 0 Å². The molecule has 0 aliphatic rings. The average Bonchev–Trinajstić information content (AvgIpc) is 2.86. The first-order valence-electron chi connectivity index (χ1n) is 7.17. The first-order chi connectivity index (χ1) is 10.2. The Labute approximate surface area is 126 Å². The van der Waals surface area contributed by atoms with Crippen molar-refractivity contribution in [2.24, 2.45) is 7.05 Å². The summed E-state index contributed by atoms with van der Waals surface area (Å²) in [6, 6.07) is 8.12. The number of hydrogen-bond acceptors (Lipinski definition) is 3. The van der Waals surface area contributed by atoms with Gasteiger partial charge in [-0.15, -0.1) is 6.58 Å². The van der Waals surface area contributed by atoms with Crippen molar-refractivity contribution >= 4 is 0 Å². The fourth-order valence-electron chi connectivity index (χ4n) is 2.15. The molecule has 0 bridgehead atoms. The lowest BCUT2D eigenvalue weighted by atomic mass is 10.1. The van der Waals surface area contributed by atoms with Crippen molar-refractivity contribution in [2.45, 2.75) is 13.0 Å². The molecule has 112 valence electrons. The molecule has 2 aromatic rings. The van der Waals surface area contributed by atoms with E-state index in [0.717, 1.165) is 31.1 Å². The highest BCUT2D eigenvalue weighted by atomic mass is 16.5. The molecule has 1 aromatic heterocycles. The number of benzene rings is 1. The van der Waals surface area contributed by atoms with E-state index < -0.39 is 0 Å². The number of nitrogens with zero attached hydrogens (tertiary/aromatic N) is 3. The van der Waals surface area contributed by atoms with Crippen molar-refractivity contribution in [3.63, 3.8) is 0 Å². The smallest absolute Gasteiger partial charge is 0.122 e. The molecule has 0 saturated heterocycles. The Kier molecular flexibility index (Phi) is 5.58. The first-order valence-corrected chi connectivity index (χ1v) is 7.17. The number of rotatable bonds is 8. The number of para-hydroxylation sites is 1. The lowest BCUT2D eigenvalue weighted by molar-refractivity contribution is 0.227. The number of imidazole rings is 1. The van der Waals surface area contributed by atoms with Crippen molar-refractivity contribution in [3.05, 3.63) is 60.7 Å². The maximum atomic E-state index is 5.89. The van der Waals surface area contributed by atoms with Gasteiger partial charge in [-0.05, 0) is 25.1 Å². The van der Waals surface area contributed by atoms with Gasteiger partial charge < -0.3 is 9.30 Å². The molecule has 2 rings (SSSR count). The number of hydrogen-bond donors (Lipinski definition) is 0. The van der Waals surface area contributed by atoms with Crippen molar-refractivity contribution in [1.29, 1.82) is 0 Å². The minimum atomic E-state index is 0.662. The van der Waals surface area contributed by atoms with Crippen molar-refractivity contribution in [3.8, 4) is 5.75 Å². The number of aromatic nitrogens is 2. The molecule has 0 aliphatic carbocycles. The van der Waals surface area contributed by atoms with Gasteiger partial charge >= 0.3 is 0 Å². The standard InChI is InChI=1S/C17H23N3O/c1-4-7-15-8-5-6-9-16(15)21-13-12-19(2)14-17-18-10-11-20(17)3/h4-6,8-11H,1,7,12-14H2,2-3H3. The second kappa shape index (κ2) is 7.64. The third kappa shape index (κ3) is 4.46. The minimum absolute atomic E-state index is 0.662. The van der Waals surface area contributed by atoms with Gasteiger partial charge in [-0.2, -0.15) is 0 Å². The lowest BCUT2D eigenvalue weighted by Gasteiger charge is -2.17. The molecule has 4 heteroatoms. The Bertz CT molecular complexity index is 577. The quantitative estimate of drug-likeness (QED) is 0.699. The topological polar surface area (TPSA) is 30.3 Å². The molecule has 0 saturated carbocycles. The Morgan fingerprint density at radius 1 is 1.38 bits per heavy atom. The van der Waals surface area contributed by atoms with E-state index in [1.54, 1.807) is 0 Å². The van der Waals surface area contributed by atoms with Crippen LogP contribution < -0.4 is 4.74 Å². The van der Waals surface area contributed by atoms with Gasteiger partial charge in [-0.1, -0.05) is 24.3 Å². The molecule has 21 heavy (non-hydrogen) atoms. The van der Waals surface area contributed by atoms with E-state index in [9.17, 15) is 0 Å². The van der Waals surface area contributed by atoms with E-state index in [-0.39, 0.29) is 0 Å². The van der Waals surface area contributed by atoms with Gasteiger partial charge in [-0.25, -0.2) is 4.98 Å². The van der Waals surface area contributed by atoms with Gasteiger partial charge in [0.05, 0.1) is 6.54 Å². The summed E-state index contributed by atoms with van der Waals surface area (Å²) in [6.07, 6.45) is 6.52. The molecule has 0 unspecified atom stereocenters. The van der Waals surface area contributed by atoms with Crippen LogP contribution >= 0.6 is 0 Å². The lowest BCUT2D eigenvalue weighted by Crippen LogP contribution is -2.25. The third-order valence-electron chi connectivity index (χ3n) is 3.40.